The Kier molecular flexibility index (Phi) is 5.86. The molecular formula is C19H27NO4. The summed E-state index contributed by atoms with van der Waals surface area (Å²) in [5.41, 5.74) is 0.0528. The van der Waals surface area contributed by atoms with Crippen molar-refractivity contribution >= 4 is 12.1 Å². The fraction of sp³-hybridized carbons (Fsp3) is 0.579. The molecule has 0 unspecified atom stereocenters. The third-order valence-electron chi connectivity index (χ3n) is 4.11. The van der Waals surface area contributed by atoms with Crippen molar-refractivity contribution in [2.75, 3.05) is 13.1 Å². The van der Waals surface area contributed by atoms with E-state index in [1.54, 1.807) is 17.0 Å². The third-order valence-corrected chi connectivity index (χ3v) is 4.11. The molecule has 0 aliphatic carbocycles. The van der Waals surface area contributed by atoms with Crippen molar-refractivity contribution in [2.45, 2.75) is 52.2 Å². The number of carbonyl (C=O) groups excluding carboxylic acids is 2. The first-order chi connectivity index (χ1) is 11.3. The second kappa shape index (κ2) is 7.69. The van der Waals surface area contributed by atoms with Crippen LogP contribution >= 0.6 is 0 Å². The van der Waals surface area contributed by atoms with Crippen molar-refractivity contribution in [3.8, 4) is 0 Å². The van der Waals surface area contributed by atoms with Crippen LogP contribution in [0.4, 0.5) is 4.79 Å². The molecule has 1 aromatic carbocycles. The summed E-state index contributed by atoms with van der Waals surface area (Å²) >= 11 is 0. The second-order valence-corrected chi connectivity index (χ2v) is 7.19. The lowest BCUT2D eigenvalue weighted by atomic mass is 9.92. The smallest absolute Gasteiger partial charge is 0.410 e. The lowest BCUT2D eigenvalue weighted by molar-refractivity contribution is -0.0259. The molecule has 0 saturated carbocycles. The van der Waals surface area contributed by atoms with E-state index in [2.05, 4.69) is 0 Å². The van der Waals surface area contributed by atoms with Crippen LogP contribution < -0.4 is 0 Å². The van der Waals surface area contributed by atoms with E-state index in [-0.39, 0.29) is 24.1 Å². The fourth-order valence-corrected chi connectivity index (χ4v) is 2.83. The van der Waals surface area contributed by atoms with Crippen LogP contribution in [0.2, 0.25) is 0 Å². The summed E-state index contributed by atoms with van der Waals surface area (Å²) in [6.45, 7) is 8.71. The lowest BCUT2D eigenvalue weighted by Crippen LogP contribution is -2.48. The van der Waals surface area contributed by atoms with E-state index in [0.717, 1.165) is 6.42 Å². The minimum Gasteiger partial charge on any atom is -0.458 e. The van der Waals surface area contributed by atoms with Gasteiger partial charge in [0, 0.05) is 25.4 Å². The average Bonchev–Trinajstić information content (AvgIpc) is 2.54. The van der Waals surface area contributed by atoms with Crippen LogP contribution in [0.5, 0.6) is 0 Å². The number of hydrogen-bond donors (Lipinski definition) is 0. The molecule has 5 nitrogen and oxygen atoms in total. The Bertz CT molecular complexity index is 564. The summed E-state index contributed by atoms with van der Waals surface area (Å²) in [4.78, 5) is 26.2. The van der Waals surface area contributed by atoms with Crippen molar-refractivity contribution in [3.05, 3.63) is 35.9 Å². The highest BCUT2D eigenvalue weighted by molar-refractivity contribution is 5.89. The maximum atomic E-state index is 12.2. The molecule has 2 rings (SSSR count). The monoisotopic (exact) mass is 333 g/mol. The van der Waals surface area contributed by atoms with Gasteiger partial charge in [0.25, 0.3) is 0 Å². The zero-order valence-corrected chi connectivity index (χ0v) is 15.0. The predicted molar refractivity (Wildman–Crippen MR) is 91.9 cm³/mol. The van der Waals surface area contributed by atoms with E-state index in [1.807, 2.05) is 45.9 Å². The SMILES string of the molecule is CC[C@@H]1CN(C(=O)OC(C)(C)C)CC[C@H]1OC(=O)c1ccccc1. The molecule has 132 valence electrons. The van der Waals surface area contributed by atoms with Gasteiger partial charge in [-0.15, -0.1) is 0 Å². The molecule has 0 aromatic heterocycles. The van der Waals surface area contributed by atoms with E-state index in [4.69, 9.17) is 9.47 Å². The Morgan fingerprint density at radius 1 is 1.21 bits per heavy atom. The van der Waals surface area contributed by atoms with Crippen LogP contribution in [0, 0.1) is 5.92 Å². The molecule has 1 saturated heterocycles. The van der Waals surface area contributed by atoms with Gasteiger partial charge in [0.1, 0.15) is 11.7 Å². The number of rotatable bonds is 3. The van der Waals surface area contributed by atoms with Gasteiger partial charge >= 0.3 is 12.1 Å². The highest BCUT2D eigenvalue weighted by atomic mass is 16.6. The van der Waals surface area contributed by atoms with Gasteiger partial charge in [0.2, 0.25) is 0 Å². The van der Waals surface area contributed by atoms with Gasteiger partial charge in [0.15, 0.2) is 0 Å². The summed E-state index contributed by atoms with van der Waals surface area (Å²) in [6, 6.07) is 9.00. The van der Waals surface area contributed by atoms with Crippen LogP contribution in [0.1, 0.15) is 50.9 Å². The molecule has 1 aromatic rings. The van der Waals surface area contributed by atoms with Crippen molar-refractivity contribution in [1.29, 1.82) is 0 Å². The number of piperidine rings is 1. The molecule has 0 N–H and O–H groups in total. The summed E-state index contributed by atoms with van der Waals surface area (Å²) < 4.78 is 11.1. The number of benzene rings is 1. The number of carbonyl (C=O) groups is 2. The Hall–Kier alpha value is -2.04. The highest BCUT2D eigenvalue weighted by Gasteiger charge is 2.34. The number of likely N-dealkylation sites (tertiary alicyclic amines) is 1. The van der Waals surface area contributed by atoms with Gasteiger partial charge in [-0.05, 0) is 39.3 Å². The van der Waals surface area contributed by atoms with Gasteiger partial charge in [-0.2, -0.15) is 0 Å². The van der Waals surface area contributed by atoms with Crippen LogP contribution in [0.15, 0.2) is 30.3 Å². The number of hydrogen-bond acceptors (Lipinski definition) is 4. The quantitative estimate of drug-likeness (QED) is 0.788. The maximum Gasteiger partial charge on any atom is 0.410 e. The molecule has 24 heavy (non-hydrogen) atoms. The standard InChI is InChI=1S/C19H27NO4/c1-5-14-13-20(18(22)24-19(2,3)4)12-11-16(14)23-17(21)15-9-7-6-8-10-15/h6-10,14,16H,5,11-13H2,1-4H3/t14-,16-/m1/s1. The normalized spacial score (nSPS) is 21.2. The highest BCUT2D eigenvalue weighted by Crippen LogP contribution is 2.25. The minimum atomic E-state index is -0.505. The fourth-order valence-electron chi connectivity index (χ4n) is 2.83. The number of ether oxygens (including phenoxy) is 2. The third kappa shape index (κ3) is 4.98. The summed E-state index contributed by atoms with van der Waals surface area (Å²) in [7, 11) is 0. The van der Waals surface area contributed by atoms with E-state index in [9.17, 15) is 9.59 Å². The Labute approximate surface area is 143 Å². The summed E-state index contributed by atoms with van der Waals surface area (Å²) in [6.07, 6.45) is 1.01. The van der Waals surface area contributed by atoms with Gasteiger partial charge < -0.3 is 14.4 Å². The van der Waals surface area contributed by atoms with Crippen LogP contribution in [-0.4, -0.2) is 41.8 Å². The van der Waals surface area contributed by atoms with Crippen LogP contribution in [0.25, 0.3) is 0 Å². The van der Waals surface area contributed by atoms with Gasteiger partial charge in [-0.1, -0.05) is 25.1 Å². The topological polar surface area (TPSA) is 55.8 Å². The summed E-state index contributed by atoms with van der Waals surface area (Å²) in [5.74, 6) is -0.177. The van der Waals surface area contributed by atoms with Gasteiger partial charge in [-0.3, -0.25) is 0 Å². The molecule has 1 amide bonds. The van der Waals surface area contributed by atoms with Crippen LogP contribution in [-0.2, 0) is 9.47 Å². The molecule has 0 radical (unpaired) electrons. The van der Waals surface area contributed by atoms with Crippen molar-refractivity contribution in [1.82, 2.24) is 4.90 Å². The molecule has 1 aliphatic heterocycles. The number of nitrogens with zero attached hydrogens (tertiary/aromatic N) is 1. The number of amides is 1. The van der Waals surface area contributed by atoms with Crippen molar-refractivity contribution in [3.63, 3.8) is 0 Å². The molecule has 1 heterocycles. The maximum absolute atomic E-state index is 12.2. The van der Waals surface area contributed by atoms with Crippen molar-refractivity contribution in [2.24, 2.45) is 5.92 Å². The zero-order chi connectivity index (χ0) is 17.7. The minimum absolute atomic E-state index is 0.124. The number of esters is 1. The molecule has 0 bridgehead atoms. The molecular weight excluding hydrogens is 306 g/mol. The average molecular weight is 333 g/mol. The van der Waals surface area contributed by atoms with E-state index >= 15 is 0 Å². The first-order valence-electron chi connectivity index (χ1n) is 8.54. The molecule has 1 aliphatic rings. The zero-order valence-electron chi connectivity index (χ0n) is 15.0. The first kappa shape index (κ1) is 18.3. The van der Waals surface area contributed by atoms with Crippen LogP contribution in [0.3, 0.4) is 0 Å². The Morgan fingerprint density at radius 3 is 2.46 bits per heavy atom. The van der Waals surface area contributed by atoms with Gasteiger partial charge in [-0.25, -0.2) is 9.59 Å². The molecule has 0 spiro atoms. The van der Waals surface area contributed by atoms with Crippen molar-refractivity contribution < 1.29 is 19.1 Å². The molecule has 1 fully saturated rings. The first-order valence-corrected chi connectivity index (χ1v) is 8.54. The van der Waals surface area contributed by atoms with E-state index < -0.39 is 5.60 Å². The van der Waals surface area contributed by atoms with Gasteiger partial charge in [0.05, 0.1) is 5.56 Å². The Morgan fingerprint density at radius 2 is 1.88 bits per heavy atom. The van der Waals surface area contributed by atoms with E-state index in [0.29, 0.717) is 25.1 Å². The molecule has 5 heteroatoms. The largest absolute Gasteiger partial charge is 0.458 e. The Balaban J connectivity index is 1.95. The van der Waals surface area contributed by atoms with E-state index in [1.165, 1.54) is 0 Å². The molecule has 2 atom stereocenters. The lowest BCUT2D eigenvalue weighted by Gasteiger charge is -2.38. The summed E-state index contributed by atoms with van der Waals surface area (Å²) in [5, 5.41) is 0. The second-order valence-electron chi connectivity index (χ2n) is 7.19. The predicted octanol–water partition coefficient (Wildman–Crippen LogP) is 3.88.